The number of hydrogen-bond acceptors (Lipinski definition) is 1. The molecule has 27 valence electrons. The predicted molar refractivity (Wildman–Crippen MR) is 19.1 cm³/mol. The third-order valence-electron chi connectivity index (χ3n) is 0. The minimum Gasteiger partial charge on any atom is 0 e. The molecule has 0 nitrogen and oxygen atoms in total. The van der Waals surface area contributed by atoms with Crippen LogP contribution in [0.25, 0.3) is 0 Å². The monoisotopic (exact) mass is 399 g/mol. The normalized spacial score (nSPS) is 0.800. The van der Waals surface area contributed by atoms with E-state index >= 15 is 0 Å². The van der Waals surface area contributed by atoms with Crippen LogP contribution >= 0.6 is 9.29 Å². The zero-order valence-electron chi connectivity index (χ0n) is 2.42. The topological polar surface area (TPSA) is 0 Å². The molecule has 0 aromatic heterocycles. The molecule has 0 bridgehead atoms. The molecule has 0 saturated carbocycles. The van der Waals surface area contributed by atoms with E-state index in [1.165, 1.54) is 0 Å². The molecule has 5 heavy (non-hydrogen) atoms. The van der Waals surface area contributed by atoms with Crippen LogP contribution in [0.1, 0.15) is 0 Å². The molecule has 0 unspecified atom stereocenters. The van der Waals surface area contributed by atoms with Crippen LogP contribution in [0.3, 0.4) is 0 Å². The number of hydrogen-bond donors (Lipinski definition) is 0. The fourth-order valence-corrected chi connectivity index (χ4v) is 0. The van der Waals surface area contributed by atoms with E-state index in [0.29, 0.717) is 0 Å². The molecular formula is CuSSn2Zn. The Morgan fingerprint density at radius 1 is 1.20 bits per heavy atom. The van der Waals surface area contributed by atoms with Crippen molar-refractivity contribution in [2.45, 2.75) is 0 Å². The van der Waals surface area contributed by atoms with E-state index in [1.807, 2.05) is 0 Å². The van der Waals surface area contributed by atoms with Gasteiger partial charge in [0, 0.05) is 60.5 Å². The number of rotatable bonds is 0. The Morgan fingerprint density at radius 2 is 1.20 bits per heavy atom. The van der Waals surface area contributed by atoms with Gasteiger partial charge in [0.25, 0.3) is 0 Å². The summed E-state index contributed by atoms with van der Waals surface area (Å²) >= 11 is 1.13. The first-order valence-corrected chi connectivity index (χ1v) is 4.11. The third kappa shape index (κ3) is 19.5. The zero-order valence-corrected chi connectivity index (χ0v) is 12.9. The summed E-state index contributed by atoms with van der Waals surface area (Å²) in [6.07, 6.45) is 0. The van der Waals surface area contributed by atoms with Crippen molar-refractivity contribution < 1.29 is 36.5 Å². The molecule has 0 amide bonds. The molecule has 7 radical (unpaired) electrons. The van der Waals surface area contributed by atoms with Crippen LogP contribution in [-0.4, -0.2) is 44.5 Å². The molecule has 0 spiro atoms. The standard InChI is InChI=1S/Cu.S.2Sn.Zn. The Morgan fingerprint density at radius 3 is 1.20 bits per heavy atom. The largest absolute Gasteiger partial charge is 0 e. The van der Waals surface area contributed by atoms with Crippen LogP contribution in [0.15, 0.2) is 0 Å². The van der Waals surface area contributed by atoms with Gasteiger partial charge >= 0.3 is 29.9 Å². The van der Waals surface area contributed by atoms with Crippen molar-refractivity contribution in [3.63, 3.8) is 0 Å². The molecule has 0 aliphatic rings. The fraction of sp³-hybridized carbons (Fsp3) is 0. The molecule has 0 heterocycles. The molecule has 0 aliphatic carbocycles. The van der Waals surface area contributed by atoms with Gasteiger partial charge in [0.1, 0.15) is 0 Å². The summed E-state index contributed by atoms with van der Waals surface area (Å²) in [4.78, 5) is 0. The zero-order chi connectivity index (χ0) is 2.00. The van der Waals surface area contributed by atoms with Crippen LogP contribution in [0.4, 0.5) is 0 Å². The van der Waals surface area contributed by atoms with Crippen molar-refractivity contribution in [2.24, 2.45) is 0 Å². The van der Waals surface area contributed by atoms with Gasteiger partial charge in [-0.15, -0.1) is 0 Å². The quantitative estimate of drug-likeness (QED) is 0.513. The van der Waals surface area contributed by atoms with E-state index in [1.54, 1.807) is 0 Å². The summed E-state index contributed by atoms with van der Waals surface area (Å²) in [5.41, 5.74) is 0. The Balaban J connectivity index is -0.00000000167. The molecule has 0 aromatic rings. The van der Waals surface area contributed by atoms with Crippen molar-refractivity contribution in [1.29, 1.82) is 0 Å². The Hall–Kier alpha value is 2.96. The van der Waals surface area contributed by atoms with Crippen molar-refractivity contribution in [2.75, 3.05) is 0 Å². The van der Waals surface area contributed by atoms with E-state index in [-0.39, 0.29) is 60.5 Å². The summed E-state index contributed by atoms with van der Waals surface area (Å²) in [5.74, 6) is 0. The van der Waals surface area contributed by atoms with Crippen LogP contribution in [0, 0.1) is 0 Å². The molecule has 0 N–H and O–H groups in total. The summed E-state index contributed by atoms with van der Waals surface area (Å²) in [7, 11) is 4.17. The first-order chi connectivity index (χ1) is 1.00. The second-order valence-electron chi connectivity index (χ2n) is 0. The van der Waals surface area contributed by atoms with Gasteiger partial charge in [0.2, 0.25) is 0 Å². The molecule has 5 heteroatoms. The van der Waals surface area contributed by atoms with Crippen molar-refractivity contribution >= 4 is 53.8 Å². The van der Waals surface area contributed by atoms with E-state index in [4.69, 9.17) is 0 Å². The summed E-state index contributed by atoms with van der Waals surface area (Å²) in [6.45, 7) is 0. The van der Waals surface area contributed by atoms with E-state index < -0.39 is 0 Å². The van der Waals surface area contributed by atoms with Crippen LogP contribution in [-0.2, 0) is 36.5 Å². The minimum absolute atomic E-state index is 0. The Kier molecular flexibility index (Phi) is 139. The van der Waals surface area contributed by atoms with Gasteiger partial charge in [-0.2, -0.15) is 0 Å². The van der Waals surface area contributed by atoms with Gasteiger partial charge in [0.05, 0.1) is 0 Å². The molecule has 0 saturated heterocycles. The van der Waals surface area contributed by atoms with Crippen molar-refractivity contribution in [3.8, 4) is 0 Å². The van der Waals surface area contributed by atoms with Gasteiger partial charge in [-0.3, -0.25) is 0 Å². The second-order valence-corrected chi connectivity index (χ2v) is 0. The SMILES string of the molecule is [Cu].[S]=[Sn].[Sn].[Zn]. The van der Waals surface area contributed by atoms with Gasteiger partial charge in [-0.1, -0.05) is 0 Å². The molecule has 0 rings (SSSR count). The first-order valence-electron chi connectivity index (χ1n) is 0.204. The molecule has 0 aromatic carbocycles. The van der Waals surface area contributed by atoms with Gasteiger partial charge in [-0.25, -0.2) is 0 Å². The summed E-state index contributed by atoms with van der Waals surface area (Å²) < 4.78 is 0. The van der Waals surface area contributed by atoms with E-state index in [2.05, 4.69) is 9.29 Å². The average molecular weight is 398 g/mol. The maximum atomic E-state index is 4.17. The van der Waals surface area contributed by atoms with Gasteiger partial charge in [-0.05, 0) is 0 Å². The van der Waals surface area contributed by atoms with Crippen molar-refractivity contribution in [3.05, 3.63) is 0 Å². The maximum absolute atomic E-state index is 4.17. The Labute approximate surface area is 88.7 Å². The van der Waals surface area contributed by atoms with Crippen molar-refractivity contribution in [1.82, 2.24) is 0 Å². The molecule has 0 fully saturated rings. The predicted octanol–water partition coefficient (Wildman–Crippen LogP) is -0.118. The fourth-order valence-electron chi connectivity index (χ4n) is 0. The molecule has 0 atom stereocenters. The summed E-state index contributed by atoms with van der Waals surface area (Å²) in [6, 6.07) is 0. The van der Waals surface area contributed by atoms with Crippen LogP contribution in [0.5, 0.6) is 0 Å². The minimum atomic E-state index is 0. The smallest absolute Gasteiger partial charge is 0 e. The molecular weight excluding hydrogens is 398 g/mol. The van der Waals surface area contributed by atoms with Crippen LogP contribution in [0.2, 0.25) is 0 Å². The average Bonchev–Trinajstić information content (AvgIpc) is 1.00. The Bertz CT molecular complexity index is 9.61. The van der Waals surface area contributed by atoms with E-state index in [0.717, 1.165) is 20.6 Å². The third-order valence-corrected chi connectivity index (χ3v) is 0. The van der Waals surface area contributed by atoms with Crippen LogP contribution < -0.4 is 0 Å². The second kappa shape index (κ2) is 28.2. The maximum Gasteiger partial charge on any atom is 0 e. The van der Waals surface area contributed by atoms with E-state index in [9.17, 15) is 0 Å². The molecule has 0 aliphatic heterocycles. The summed E-state index contributed by atoms with van der Waals surface area (Å²) in [5, 5.41) is 0. The first kappa shape index (κ1) is 24.6. The van der Waals surface area contributed by atoms with Gasteiger partial charge < -0.3 is 0 Å². The van der Waals surface area contributed by atoms with Gasteiger partial charge in [0.15, 0.2) is 0 Å².